The largest absolute Gasteiger partial charge is 0.324 e. The molecule has 0 unspecified atom stereocenters. The summed E-state index contributed by atoms with van der Waals surface area (Å²) in [5.74, 6) is -0.171. The number of hydrogen-bond donors (Lipinski definition) is 1. The fourth-order valence-electron chi connectivity index (χ4n) is 1.70. The number of halogens is 4. The Bertz CT molecular complexity index is 676. The van der Waals surface area contributed by atoms with Gasteiger partial charge < -0.3 is 5.32 Å². The van der Waals surface area contributed by atoms with E-state index in [0.717, 1.165) is 0 Å². The van der Waals surface area contributed by atoms with Gasteiger partial charge in [-0.25, -0.2) is 4.39 Å². The van der Waals surface area contributed by atoms with E-state index in [1.165, 1.54) is 17.8 Å². The molecule has 116 valence electrons. The Balaban J connectivity index is 1.90. The van der Waals surface area contributed by atoms with Crippen molar-refractivity contribution in [2.75, 3.05) is 11.1 Å². The van der Waals surface area contributed by atoms with Crippen LogP contribution in [-0.4, -0.2) is 11.7 Å². The molecule has 2 aromatic rings. The Kier molecular flexibility index (Phi) is 6.38. The summed E-state index contributed by atoms with van der Waals surface area (Å²) in [4.78, 5) is 11.9. The number of benzene rings is 2. The highest BCUT2D eigenvalue weighted by Gasteiger charge is 2.10. The van der Waals surface area contributed by atoms with Gasteiger partial charge in [0, 0.05) is 16.3 Å². The van der Waals surface area contributed by atoms with Gasteiger partial charge in [-0.05, 0) is 24.3 Å². The van der Waals surface area contributed by atoms with Crippen molar-refractivity contribution >= 4 is 58.2 Å². The summed E-state index contributed by atoms with van der Waals surface area (Å²) >= 11 is 19.0. The van der Waals surface area contributed by atoms with Crippen LogP contribution < -0.4 is 5.32 Å². The molecule has 0 heterocycles. The molecule has 0 aromatic heterocycles. The van der Waals surface area contributed by atoms with Crippen LogP contribution in [0.2, 0.25) is 15.1 Å². The van der Waals surface area contributed by atoms with E-state index in [9.17, 15) is 9.18 Å². The van der Waals surface area contributed by atoms with E-state index in [1.807, 2.05) is 0 Å². The van der Waals surface area contributed by atoms with Gasteiger partial charge in [-0.2, -0.15) is 0 Å². The second-order valence-corrected chi connectivity index (χ2v) is 6.52. The van der Waals surface area contributed by atoms with Gasteiger partial charge in [-0.1, -0.05) is 46.9 Å². The molecule has 0 aliphatic rings. The molecule has 2 nitrogen and oxygen atoms in total. The van der Waals surface area contributed by atoms with Crippen molar-refractivity contribution in [2.24, 2.45) is 0 Å². The molecule has 0 radical (unpaired) electrons. The van der Waals surface area contributed by atoms with Crippen LogP contribution in [0.15, 0.2) is 36.4 Å². The van der Waals surface area contributed by atoms with Crippen LogP contribution in [0.5, 0.6) is 0 Å². The van der Waals surface area contributed by atoms with Gasteiger partial charge in [0.2, 0.25) is 5.91 Å². The van der Waals surface area contributed by atoms with Crippen molar-refractivity contribution in [3.8, 4) is 0 Å². The van der Waals surface area contributed by atoms with Crippen LogP contribution in [0, 0.1) is 5.82 Å². The Labute approximate surface area is 146 Å². The number of amides is 1. The SMILES string of the molecule is O=C(CSCc1c(F)cccc1Cl)Nc1cccc(Cl)c1Cl. The molecule has 0 saturated heterocycles. The van der Waals surface area contributed by atoms with Crippen LogP contribution in [0.1, 0.15) is 5.56 Å². The molecule has 7 heteroatoms. The fraction of sp³-hybridized carbons (Fsp3) is 0.133. The predicted octanol–water partition coefficient (Wildman–Crippen LogP) is 5.66. The molecule has 0 atom stereocenters. The maximum Gasteiger partial charge on any atom is 0.234 e. The summed E-state index contributed by atoms with van der Waals surface area (Å²) in [5, 5.41) is 3.67. The minimum absolute atomic E-state index is 0.146. The lowest BCUT2D eigenvalue weighted by atomic mass is 10.2. The maximum absolute atomic E-state index is 13.6. The summed E-state index contributed by atoms with van der Waals surface area (Å²) in [6, 6.07) is 9.48. The lowest BCUT2D eigenvalue weighted by molar-refractivity contribution is -0.113. The first-order chi connectivity index (χ1) is 10.5. The van der Waals surface area contributed by atoms with Gasteiger partial charge in [0.1, 0.15) is 5.82 Å². The van der Waals surface area contributed by atoms with Gasteiger partial charge in [0.25, 0.3) is 0 Å². The minimum Gasteiger partial charge on any atom is -0.324 e. The number of rotatable bonds is 5. The molecule has 1 N–H and O–H groups in total. The van der Waals surface area contributed by atoms with Crippen molar-refractivity contribution < 1.29 is 9.18 Å². The highest BCUT2D eigenvalue weighted by atomic mass is 35.5. The Morgan fingerprint density at radius 1 is 1.09 bits per heavy atom. The minimum atomic E-state index is -0.377. The highest BCUT2D eigenvalue weighted by molar-refractivity contribution is 7.99. The van der Waals surface area contributed by atoms with Gasteiger partial charge in [0.05, 0.1) is 21.5 Å². The van der Waals surface area contributed by atoms with E-state index in [2.05, 4.69) is 5.32 Å². The summed E-state index contributed by atoms with van der Waals surface area (Å²) in [5.41, 5.74) is 0.839. The van der Waals surface area contributed by atoms with Gasteiger partial charge >= 0.3 is 0 Å². The molecule has 1 amide bonds. The van der Waals surface area contributed by atoms with E-state index in [4.69, 9.17) is 34.8 Å². The average molecular weight is 379 g/mol. The monoisotopic (exact) mass is 377 g/mol. The van der Waals surface area contributed by atoms with Crippen molar-refractivity contribution in [3.63, 3.8) is 0 Å². The quantitative estimate of drug-likeness (QED) is 0.727. The summed E-state index contributed by atoms with van der Waals surface area (Å²) < 4.78 is 13.6. The third kappa shape index (κ3) is 4.53. The van der Waals surface area contributed by atoms with Crippen LogP contribution in [0.3, 0.4) is 0 Å². The second-order valence-electron chi connectivity index (χ2n) is 4.34. The highest BCUT2D eigenvalue weighted by Crippen LogP contribution is 2.30. The maximum atomic E-state index is 13.6. The first-order valence-electron chi connectivity index (χ1n) is 6.23. The third-order valence-electron chi connectivity index (χ3n) is 2.77. The topological polar surface area (TPSA) is 29.1 Å². The molecular formula is C15H11Cl3FNOS. The molecule has 0 aliphatic carbocycles. The average Bonchev–Trinajstić information content (AvgIpc) is 2.47. The second kappa shape index (κ2) is 8.06. The number of nitrogens with one attached hydrogen (secondary N) is 1. The molecule has 0 aliphatic heterocycles. The zero-order valence-corrected chi connectivity index (χ0v) is 14.3. The lowest BCUT2D eigenvalue weighted by Crippen LogP contribution is -2.14. The van der Waals surface area contributed by atoms with Crippen molar-refractivity contribution in [1.82, 2.24) is 0 Å². The summed E-state index contributed by atoms with van der Waals surface area (Å²) in [6.45, 7) is 0. The number of thioether (sulfide) groups is 1. The van der Waals surface area contributed by atoms with Crippen molar-refractivity contribution in [2.45, 2.75) is 5.75 Å². The van der Waals surface area contributed by atoms with Crippen LogP contribution >= 0.6 is 46.6 Å². The van der Waals surface area contributed by atoms with Crippen molar-refractivity contribution in [3.05, 3.63) is 62.8 Å². The Morgan fingerprint density at radius 3 is 2.50 bits per heavy atom. The molecule has 0 saturated carbocycles. The molecule has 0 bridgehead atoms. The zero-order valence-electron chi connectivity index (χ0n) is 11.2. The molecule has 0 spiro atoms. The lowest BCUT2D eigenvalue weighted by Gasteiger charge is -2.09. The first-order valence-corrected chi connectivity index (χ1v) is 8.52. The summed E-state index contributed by atoms with van der Waals surface area (Å²) in [7, 11) is 0. The van der Waals surface area contributed by atoms with E-state index in [-0.39, 0.29) is 17.5 Å². The van der Waals surface area contributed by atoms with E-state index in [0.29, 0.717) is 32.1 Å². The number of carbonyl (C=O) groups is 1. The van der Waals surface area contributed by atoms with E-state index in [1.54, 1.807) is 30.3 Å². The van der Waals surface area contributed by atoms with Crippen LogP contribution in [0.4, 0.5) is 10.1 Å². The standard InChI is InChI=1S/C15H11Cl3FNOS/c16-10-3-1-5-12(19)9(10)7-22-8-14(21)20-13-6-2-4-11(17)15(13)18/h1-6H,7-8H2,(H,20,21). The van der Waals surface area contributed by atoms with E-state index < -0.39 is 0 Å². The van der Waals surface area contributed by atoms with Gasteiger partial charge in [0.15, 0.2) is 0 Å². The van der Waals surface area contributed by atoms with E-state index >= 15 is 0 Å². The third-order valence-corrected chi connectivity index (χ3v) is 4.90. The Hall–Kier alpha value is -0.940. The normalized spacial score (nSPS) is 10.5. The van der Waals surface area contributed by atoms with Crippen molar-refractivity contribution in [1.29, 1.82) is 0 Å². The van der Waals surface area contributed by atoms with Crippen LogP contribution in [0.25, 0.3) is 0 Å². The zero-order chi connectivity index (χ0) is 16.1. The fourth-order valence-corrected chi connectivity index (χ4v) is 3.22. The first kappa shape index (κ1) is 17.4. The Morgan fingerprint density at radius 2 is 1.77 bits per heavy atom. The molecule has 0 fully saturated rings. The molecular weight excluding hydrogens is 368 g/mol. The number of carbonyl (C=O) groups excluding carboxylic acids is 1. The van der Waals surface area contributed by atoms with Gasteiger partial charge in [-0.3, -0.25) is 4.79 Å². The predicted molar refractivity (Wildman–Crippen MR) is 92.7 cm³/mol. The summed E-state index contributed by atoms with van der Waals surface area (Å²) in [6.07, 6.45) is 0. The van der Waals surface area contributed by atoms with Gasteiger partial charge in [-0.15, -0.1) is 11.8 Å². The molecule has 2 rings (SSSR count). The number of hydrogen-bond acceptors (Lipinski definition) is 2. The van der Waals surface area contributed by atoms with Crippen LogP contribution in [-0.2, 0) is 10.5 Å². The number of anilines is 1. The smallest absolute Gasteiger partial charge is 0.234 e. The molecule has 2 aromatic carbocycles. The molecule has 22 heavy (non-hydrogen) atoms.